The molecule has 0 atom stereocenters. The molecular weight excluding hydrogens is 363 g/mol. The quantitative estimate of drug-likeness (QED) is 0.753. The number of aryl methyl sites for hydroxylation is 2. The van der Waals surface area contributed by atoms with Gasteiger partial charge in [-0.25, -0.2) is 0 Å². The molecule has 0 saturated heterocycles. The fourth-order valence-corrected chi connectivity index (χ4v) is 2.42. The van der Waals surface area contributed by atoms with E-state index in [1.165, 1.54) is 0 Å². The fourth-order valence-electron chi connectivity index (χ4n) is 1.72. The van der Waals surface area contributed by atoms with E-state index >= 15 is 0 Å². The summed E-state index contributed by atoms with van der Waals surface area (Å²) >= 11 is 8.49. The zero-order valence-corrected chi connectivity index (χ0v) is 13.2. The Kier molecular flexibility index (Phi) is 4.50. The summed E-state index contributed by atoms with van der Waals surface area (Å²) in [7, 11) is 0. The van der Waals surface area contributed by atoms with Crippen LogP contribution in [-0.4, -0.2) is 9.78 Å². The lowest BCUT2D eigenvalue weighted by molar-refractivity contribution is 0.292. The summed E-state index contributed by atoms with van der Waals surface area (Å²) in [4.78, 5) is 0. The van der Waals surface area contributed by atoms with Gasteiger partial charge in [-0.3, -0.25) is 4.68 Å². The van der Waals surface area contributed by atoms with Gasteiger partial charge in [0, 0.05) is 10.1 Å². The van der Waals surface area contributed by atoms with E-state index in [9.17, 15) is 0 Å². The van der Waals surface area contributed by atoms with Crippen LogP contribution >= 0.6 is 34.2 Å². The van der Waals surface area contributed by atoms with Crippen molar-refractivity contribution in [3.63, 3.8) is 0 Å². The third kappa shape index (κ3) is 2.98. The number of aromatic nitrogens is 2. The number of hydrogen-bond acceptors (Lipinski definition) is 2. The van der Waals surface area contributed by atoms with E-state index in [4.69, 9.17) is 16.3 Å². The highest BCUT2D eigenvalue weighted by Crippen LogP contribution is 2.23. The van der Waals surface area contributed by atoms with Crippen LogP contribution in [0.15, 0.2) is 24.3 Å². The minimum Gasteiger partial charge on any atom is -0.487 e. The van der Waals surface area contributed by atoms with Crippen LogP contribution in [-0.2, 0) is 13.2 Å². The standard InChI is InChI=1S/C13H14ClIN2O/c1-3-17-12(13(14)9(2)16-17)8-18-11-6-4-5-10(15)7-11/h4-7H,3,8H2,1-2H3. The van der Waals surface area contributed by atoms with Gasteiger partial charge in [0.15, 0.2) is 0 Å². The number of halogens is 2. The first-order valence-corrected chi connectivity index (χ1v) is 7.17. The maximum absolute atomic E-state index is 6.23. The van der Waals surface area contributed by atoms with Crippen molar-refractivity contribution < 1.29 is 4.74 Å². The molecule has 0 bridgehead atoms. The lowest BCUT2D eigenvalue weighted by Crippen LogP contribution is -2.06. The molecular formula is C13H14ClIN2O. The SMILES string of the molecule is CCn1nc(C)c(Cl)c1COc1cccc(I)c1. The molecule has 5 heteroatoms. The van der Waals surface area contributed by atoms with Crippen molar-refractivity contribution in [1.29, 1.82) is 0 Å². The van der Waals surface area contributed by atoms with E-state index in [0.717, 1.165) is 27.3 Å². The number of ether oxygens (including phenoxy) is 1. The lowest BCUT2D eigenvalue weighted by Gasteiger charge is -2.08. The smallest absolute Gasteiger partial charge is 0.131 e. The topological polar surface area (TPSA) is 27.1 Å². The summed E-state index contributed by atoms with van der Waals surface area (Å²) in [6, 6.07) is 7.94. The summed E-state index contributed by atoms with van der Waals surface area (Å²) in [6.45, 7) is 5.17. The molecule has 2 aromatic rings. The van der Waals surface area contributed by atoms with Crippen LogP contribution in [0.1, 0.15) is 18.3 Å². The molecule has 2 rings (SSSR count). The van der Waals surface area contributed by atoms with Gasteiger partial charge < -0.3 is 4.74 Å². The van der Waals surface area contributed by atoms with E-state index in [0.29, 0.717) is 11.6 Å². The molecule has 1 aromatic carbocycles. The Labute approximate surface area is 125 Å². The second-order valence-electron chi connectivity index (χ2n) is 3.91. The Morgan fingerprint density at radius 2 is 2.22 bits per heavy atom. The number of hydrogen-bond donors (Lipinski definition) is 0. The molecule has 3 nitrogen and oxygen atoms in total. The zero-order chi connectivity index (χ0) is 13.1. The maximum Gasteiger partial charge on any atom is 0.131 e. The van der Waals surface area contributed by atoms with Crippen molar-refractivity contribution in [2.24, 2.45) is 0 Å². The van der Waals surface area contributed by atoms with Crippen molar-refractivity contribution in [3.05, 3.63) is 44.2 Å². The molecule has 0 aliphatic carbocycles. The van der Waals surface area contributed by atoms with E-state index in [-0.39, 0.29) is 0 Å². The third-order valence-corrected chi connectivity index (χ3v) is 3.79. The molecule has 18 heavy (non-hydrogen) atoms. The number of nitrogens with zero attached hydrogens (tertiary/aromatic N) is 2. The van der Waals surface area contributed by atoms with Crippen molar-refractivity contribution in [2.45, 2.75) is 27.0 Å². The summed E-state index contributed by atoms with van der Waals surface area (Å²) in [5, 5.41) is 5.06. The van der Waals surface area contributed by atoms with Crippen LogP contribution in [0.3, 0.4) is 0 Å². The Morgan fingerprint density at radius 1 is 1.44 bits per heavy atom. The molecule has 0 unspecified atom stereocenters. The maximum atomic E-state index is 6.23. The van der Waals surface area contributed by atoms with E-state index in [2.05, 4.69) is 27.7 Å². The predicted molar refractivity (Wildman–Crippen MR) is 81.1 cm³/mol. The zero-order valence-electron chi connectivity index (χ0n) is 10.3. The van der Waals surface area contributed by atoms with Crippen LogP contribution < -0.4 is 4.74 Å². The first-order chi connectivity index (χ1) is 8.61. The highest BCUT2D eigenvalue weighted by atomic mass is 127. The normalized spacial score (nSPS) is 10.7. The van der Waals surface area contributed by atoms with Crippen LogP contribution in [0.25, 0.3) is 0 Å². The highest BCUT2D eigenvalue weighted by molar-refractivity contribution is 14.1. The Morgan fingerprint density at radius 3 is 2.89 bits per heavy atom. The average molecular weight is 377 g/mol. The molecule has 0 N–H and O–H groups in total. The van der Waals surface area contributed by atoms with Gasteiger partial charge >= 0.3 is 0 Å². The molecule has 0 fully saturated rings. The molecule has 0 saturated carbocycles. The molecule has 0 amide bonds. The summed E-state index contributed by atoms with van der Waals surface area (Å²) in [5.74, 6) is 0.847. The molecule has 0 spiro atoms. The van der Waals surface area contributed by atoms with Crippen molar-refractivity contribution in [2.75, 3.05) is 0 Å². The summed E-state index contributed by atoms with van der Waals surface area (Å²) in [6.07, 6.45) is 0. The fraction of sp³-hybridized carbons (Fsp3) is 0.308. The van der Waals surface area contributed by atoms with Crippen molar-refractivity contribution in [3.8, 4) is 5.75 Å². The van der Waals surface area contributed by atoms with Gasteiger partial charge in [0.2, 0.25) is 0 Å². The van der Waals surface area contributed by atoms with Crippen LogP contribution in [0.5, 0.6) is 5.75 Å². The largest absolute Gasteiger partial charge is 0.487 e. The minimum atomic E-state index is 0.438. The van der Waals surface area contributed by atoms with E-state index in [1.54, 1.807) is 0 Å². The first-order valence-electron chi connectivity index (χ1n) is 5.72. The minimum absolute atomic E-state index is 0.438. The molecule has 1 aromatic heterocycles. The highest BCUT2D eigenvalue weighted by Gasteiger charge is 2.12. The summed E-state index contributed by atoms with van der Waals surface area (Å²) < 4.78 is 8.79. The monoisotopic (exact) mass is 376 g/mol. The van der Waals surface area contributed by atoms with Crippen molar-refractivity contribution in [1.82, 2.24) is 9.78 Å². The van der Waals surface area contributed by atoms with Crippen LogP contribution in [0.4, 0.5) is 0 Å². The van der Waals surface area contributed by atoms with Gasteiger partial charge in [0.05, 0.1) is 16.4 Å². The second-order valence-corrected chi connectivity index (χ2v) is 5.53. The Hall–Kier alpha value is -0.750. The van der Waals surface area contributed by atoms with E-state index < -0.39 is 0 Å². The van der Waals surface area contributed by atoms with Crippen LogP contribution in [0, 0.1) is 10.5 Å². The first kappa shape index (κ1) is 13.7. The van der Waals surface area contributed by atoms with Crippen LogP contribution in [0.2, 0.25) is 5.02 Å². The lowest BCUT2D eigenvalue weighted by atomic mass is 10.3. The molecule has 96 valence electrons. The second kappa shape index (κ2) is 5.93. The summed E-state index contributed by atoms with van der Waals surface area (Å²) in [5.41, 5.74) is 1.77. The molecule has 0 radical (unpaired) electrons. The van der Waals surface area contributed by atoms with E-state index in [1.807, 2.05) is 42.8 Å². The third-order valence-electron chi connectivity index (χ3n) is 2.62. The van der Waals surface area contributed by atoms with Gasteiger partial charge in [-0.15, -0.1) is 0 Å². The van der Waals surface area contributed by atoms with Gasteiger partial charge in [-0.05, 0) is 54.6 Å². The van der Waals surface area contributed by atoms with Gasteiger partial charge in [-0.1, -0.05) is 17.7 Å². The molecule has 0 aliphatic heterocycles. The average Bonchev–Trinajstić information content (AvgIpc) is 2.63. The van der Waals surface area contributed by atoms with Crippen molar-refractivity contribution >= 4 is 34.2 Å². The Balaban J connectivity index is 2.15. The molecule has 1 heterocycles. The number of rotatable bonds is 4. The number of benzene rings is 1. The predicted octanol–water partition coefficient (Wildman–Crippen LogP) is 4.05. The van der Waals surface area contributed by atoms with Gasteiger partial charge in [0.25, 0.3) is 0 Å². The van der Waals surface area contributed by atoms with Gasteiger partial charge in [0.1, 0.15) is 12.4 Å². The molecule has 0 aliphatic rings. The van der Waals surface area contributed by atoms with Gasteiger partial charge in [-0.2, -0.15) is 5.10 Å². The Bertz CT molecular complexity index is 554.